The van der Waals surface area contributed by atoms with E-state index in [0.717, 1.165) is 27.9 Å². The lowest BCUT2D eigenvalue weighted by molar-refractivity contribution is 0.0950. The molecule has 27 heavy (non-hydrogen) atoms. The Morgan fingerprint density at radius 1 is 1.04 bits per heavy atom. The van der Waals surface area contributed by atoms with Gasteiger partial charge in [0.05, 0.1) is 6.61 Å². The van der Waals surface area contributed by atoms with Crippen molar-refractivity contribution >= 4 is 17.5 Å². The standard InChI is InChI=1S/C22H21ClN2O2/c1-14-7-16(3-4-21(14)23)12-25-22(27)20-10-17(13-26)9-19(11-20)18-5-6-24-15(2)8-18/h3-11,26H,12-13H2,1-2H3,(H,25,27). The molecule has 3 aromatic rings. The first-order valence-electron chi connectivity index (χ1n) is 8.67. The number of aliphatic hydroxyl groups is 1. The number of nitrogens with one attached hydrogen (secondary N) is 1. The van der Waals surface area contributed by atoms with Crippen LogP contribution in [-0.4, -0.2) is 16.0 Å². The number of amides is 1. The molecule has 5 heteroatoms. The molecule has 0 atom stereocenters. The molecule has 138 valence electrons. The van der Waals surface area contributed by atoms with Crippen molar-refractivity contribution in [3.05, 3.63) is 87.7 Å². The summed E-state index contributed by atoms with van der Waals surface area (Å²) in [6.07, 6.45) is 1.74. The highest BCUT2D eigenvalue weighted by atomic mass is 35.5. The quantitative estimate of drug-likeness (QED) is 0.687. The highest BCUT2D eigenvalue weighted by Gasteiger charge is 2.10. The van der Waals surface area contributed by atoms with Crippen LogP contribution in [0.2, 0.25) is 5.02 Å². The third kappa shape index (κ3) is 4.73. The highest BCUT2D eigenvalue weighted by molar-refractivity contribution is 6.31. The van der Waals surface area contributed by atoms with Crippen molar-refractivity contribution in [2.45, 2.75) is 27.0 Å². The van der Waals surface area contributed by atoms with E-state index in [1.54, 1.807) is 12.3 Å². The maximum atomic E-state index is 12.7. The van der Waals surface area contributed by atoms with Crippen molar-refractivity contribution in [3.8, 4) is 11.1 Å². The Morgan fingerprint density at radius 2 is 1.85 bits per heavy atom. The molecule has 0 bridgehead atoms. The van der Waals surface area contributed by atoms with Gasteiger partial charge in [0.25, 0.3) is 5.91 Å². The first-order chi connectivity index (χ1) is 13.0. The van der Waals surface area contributed by atoms with E-state index in [4.69, 9.17) is 11.6 Å². The Balaban J connectivity index is 1.83. The number of aromatic nitrogens is 1. The van der Waals surface area contributed by atoms with Gasteiger partial charge in [0.1, 0.15) is 0 Å². The summed E-state index contributed by atoms with van der Waals surface area (Å²) in [5.41, 5.74) is 5.88. The molecule has 0 unspecified atom stereocenters. The summed E-state index contributed by atoms with van der Waals surface area (Å²) in [5.74, 6) is -0.190. The summed E-state index contributed by atoms with van der Waals surface area (Å²) in [6.45, 7) is 4.13. The maximum Gasteiger partial charge on any atom is 0.251 e. The van der Waals surface area contributed by atoms with E-state index in [1.807, 2.05) is 56.3 Å². The van der Waals surface area contributed by atoms with Gasteiger partial charge in [-0.1, -0.05) is 23.7 Å². The van der Waals surface area contributed by atoms with E-state index >= 15 is 0 Å². The number of nitrogens with zero attached hydrogens (tertiary/aromatic N) is 1. The number of carbonyl (C=O) groups is 1. The Hall–Kier alpha value is -2.69. The average molecular weight is 381 g/mol. The van der Waals surface area contributed by atoms with Crippen LogP contribution in [0, 0.1) is 13.8 Å². The fourth-order valence-corrected chi connectivity index (χ4v) is 3.02. The van der Waals surface area contributed by atoms with Gasteiger partial charge >= 0.3 is 0 Å². The molecule has 0 aliphatic rings. The normalized spacial score (nSPS) is 10.7. The molecular weight excluding hydrogens is 360 g/mol. The lowest BCUT2D eigenvalue weighted by Crippen LogP contribution is -2.23. The molecule has 0 saturated heterocycles. The number of aryl methyl sites for hydroxylation is 2. The fourth-order valence-electron chi connectivity index (χ4n) is 2.91. The van der Waals surface area contributed by atoms with Crippen LogP contribution in [0.15, 0.2) is 54.7 Å². The third-order valence-corrected chi connectivity index (χ3v) is 4.77. The van der Waals surface area contributed by atoms with Gasteiger partial charge in [-0.2, -0.15) is 0 Å². The lowest BCUT2D eigenvalue weighted by Gasteiger charge is -2.11. The molecule has 1 heterocycles. The Labute approximate surface area is 163 Å². The second-order valence-electron chi connectivity index (χ2n) is 6.53. The minimum absolute atomic E-state index is 0.130. The molecule has 0 aliphatic carbocycles. The highest BCUT2D eigenvalue weighted by Crippen LogP contribution is 2.23. The van der Waals surface area contributed by atoms with Crippen LogP contribution in [-0.2, 0) is 13.2 Å². The lowest BCUT2D eigenvalue weighted by atomic mass is 9.99. The number of aliphatic hydroxyl groups excluding tert-OH is 1. The number of carbonyl (C=O) groups excluding carboxylic acids is 1. The molecule has 0 fully saturated rings. The first-order valence-corrected chi connectivity index (χ1v) is 9.05. The SMILES string of the molecule is Cc1cc(-c2cc(CO)cc(C(=O)NCc3ccc(Cl)c(C)c3)c2)ccn1. The number of benzene rings is 2. The van der Waals surface area contributed by atoms with Gasteiger partial charge in [0.15, 0.2) is 0 Å². The molecular formula is C22H21ClN2O2. The topological polar surface area (TPSA) is 62.2 Å². The molecule has 0 aliphatic heterocycles. The largest absolute Gasteiger partial charge is 0.392 e. The molecule has 4 nitrogen and oxygen atoms in total. The maximum absolute atomic E-state index is 12.7. The number of halogens is 1. The number of hydrogen-bond donors (Lipinski definition) is 2. The van der Waals surface area contributed by atoms with Gasteiger partial charge < -0.3 is 10.4 Å². The molecule has 1 aromatic heterocycles. The molecule has 2 aromatic carbocycles. The van der Waals surface area contributed by atoms with Gasteiger partial charge in [-0.25, -0.2) is 0 Å². The molecule has 0 saturated carbocycles. The van der Waals surface area contributed by atoms with Crippen molar-refractivity contribution in [1.29, 1.82) is 0 Å². The number of pyridine rings is 1. The van der Waals surface area contributed by atoms with Crippen LogP contribution in [0.1, 0.15) is 32.7 Å². The van der Waals surface area contributed by atoms with E-state index in [0.29, 0.717) is 22.7 Å². The van der Waals surface area contributed by atoms with Gasteiger partial charge in [0, 0.05) is 29.0 Å². The van der Waals surface area contributed by atoms with Crippen molar-refractivity contribution in [1.82, 2.24) is 10.3 Å². The first kappa shape index (κ1) is 19.1. The Morgan fingerprint density at radius 3 is 2.56 bits per heavy atom. The fraction of sp³-hybridized carbons (Fsp3) is 0.182. The molecule has 3 rings (SSSR count). The van der Waals surface area contributed by atoms with Gasteiger partial charge in [-0.05, 0) is 78.1 Å². The minimum atomic E-state index is -0.190. The predicted octanol–water partition coefficient (Wildman–Crippen LogP) is 4.44. The summed E-state index contributed by atoms with van der Waals surface area (Å²) in [7, 11) is 0. The predicted molar refractivity (Wildman–Crippen MR) is 108 cm³/mol. The second kappa shape index (κ2) is 8.33. The van der Waals surface area contributed by atoms with Gasteiger partial charge in [-0.3, -0.25) is 9.78 Å². The van der Waals surface area contributed by atoms with E-state index < -0.39 is 0 Å². The summed E-state index contributed by atoms with van der Waals surface area (Å²) in [5, 5.41) is 13.2. The van der Waals surface area contributed by atoms with Crippen molar-refractivity contribution in [2.24, 2.45) is 0 Å². The average Bonchev–Trinajstić information content (AvgIpc) is 2.68. The van der Waals surface area contributed by atoms with E-state index in [2.05, 4.69) is 10.3 Å². The summed E-state index contributed by atoms with van der Waals surface area (Å²) < 4.78 is 0. The Bertz CT molecular complexity index is 986. The van der Waals surface area contributed by atoms with Crippen LogP contribution in [0.3, 0.4) is 0 Å². The summed E-state index contributed by atoms with van der Waals surface area (Å²) in [4.78, 5) is 16.9. The third-order valence-electron chi connectivity index (χ3n) is 4.34. The monoisotopic (exact) mass is 380 g/mol. The van der Waals surface area contributed by atoms with E-state index in [1.165, 1.54) is 0 Å². The smallest absolute Gasteiger partial charge is 0.251 e. The molecule has 0 radical (unpaired) electrons. The van der Waals surface area contributed by atoms with Crippen molar-refractivity contribution in [2.75, 3.05) is 0 Å². The molecule has 1 amide bonds. The van der Waals surface area contributed by atoms with Crippen LogP contribution < -0.4 is 5.32 Å². The zero-order valence-electron chi connectivity index (χ0n) is 15.3. The van der Waals surface area contributed by atoms with Crippen LogP contribution >= 0.6 is 11.6 Å². The van der Waals surface area contributed by atoms with Crippen LogP contribution in [0.4, 0.5) is 0 Å². The van der Waals surface area contributed by atoms with Crippen molar-refractivity contribution in [3.63, 3.8) is 0 Å². The molecule has 2 N–H and O–H groups in total. The number of rotatable bonds is 5. The Kier molecular flexibility index (Phi) is 5.89. The summed E-state index contributed by atoms with van der Waals surface area (Å²) in [6, 6.07) is 14.9. The van der Waals surface area contributed by atoms with Crippen molar-refractivity contribution < 1.29 is 9.90 Å². The minimum Gasteiger partial charge on any atom is -0.392 e. The van der Waals surface area contributed by atoms with Gasteiger partial charge in [-0.15, -0.1) is 0 Å². The summed E-state index contributed by atoms with van der Waals surface area (Å²) >= 11 is 6.04. The van der Waals surface area contributed by atoms with Crippen LogP contribution in [0.25, 0.3) is 11.1 Å². The van der Waals surface area contributed by atoms with Gasteiger partial charge in [0.2, 0.25) is 0 Å². The zero-order chi connectivity index (χ0) is 19.4. The van der Waals surface area contributed by atoms with E-state index in [9.17, 15) is 9.90 Å². The second-order valence-corrected chi connectivity index (χ2v) is 6.94. The van der Waals surface area contributed by atoms with Crippen LogP contribution in [0.5, 0.6) is 0 Å². The molecule has 0 spiro atoms. The van der Waals surface area contributed by atoms with E-state index in [-0.39, 0.29) is 12.5 Å². The zero-order valence-corrected chi connectivity index (χ0v) is 16.0. The number of hydrogen-bond acceptors (Lipinski definition) is 3.